The van der Waals surface area contributed by atoms with E-state index in [0.717, 1.165) is 0 Å². The average molecular weight is 337 g/mol. The zero-order valence-corrected chi connectivity index (χ0v) is 14.5. The van der Waals surface area contributed by atoms with Crippen molar-refractivity contribution in [2.45, 2.75) is 52.6 Å². The third-order valence-electron chi connectivity index (χ3n) is 3.72. The van der Waals surface area contributed by atoms with Crippen LogP contribution in [0.4, 0.5) is 0 Å². The first kappa shape index (κ1) is 20.1. The Bertz CT molecular complexity index is 574. The van der Waals surface area contributed by atoms with Crippen LogP contribution in [0.25, 0.3) is 0 Å². The molecule has 0 saturated carbocycles. The van der Waals surface area contributed by atoms with Crippen molar-refractivity contribution in [2.75, 3.05) is 6.61 Å². The van der Waals surface area contributed by atoms with Crippen molar-refractivity contribution in [3.63, 3.8) is 0 Å². The smallest absolute Gasteiger partial charge is 0.338 e. The van der Waals surface area contributed by atoms with E-state index in [1.807, 2.05) is 13.8 Å². The number of nitrogens with zero attached hydrogens (tertiary/aromatic N) is 1. The first-order valence-corrected chi connectivity index (χ1v) is 7.69. The molecule has 0 aliphatic heterocycles. The van der Waals surface area contributed by atoms with Crippen molar-refractivity contribution in [1.82, 2.24) is 4.73 Å². The van der Waals surface area contributed by atoms with Gasteiger partial charge in [-0.3, -0.25) is 0 Å². The fraction of sp³-hybridized carbons (Fsp3) is 0.625. The molecule has 132 valence electrons. The largest absolute Gasteiger partial charge is 0.492 e. The van der Waals surface area contributed by atoms with Gasteiger partial charge in [-0.05, 0) is 47.0 Å². The molecular weight excluding hydrogens is 313 g/mol. The topological polar surface area (TPSA) is 98.0 Å². The average Bonchev–Trinajstić information content (AvgIpc) is 2.76. The van der Waals surface area contributed by atoms with Crippen molar-refractivity contribution in [3.05, 3.63) is 12.1 Å². The number of aromatic nitrogens is 1. The monoisotopic (exact) mass is 337 g/mol. The molecule has 7 nitrogen and oxygen atoms in total. The van der Waals surface area contributed by atoms with E-state index in [9.17, 15) is 19.8 Å². The summed E-state index contributed by atoms with van der Waals surface area (Å²) in [5.41, 5.74) is -1.82. The molecule has 0 spiro atoms. The Morgan fingerprint density at radius 3 is 2.17 bits per heavy atom. The van der Waals surface area contributed by atoms with Gasteiger partial charge >= 0.3 is 5.97 Å². The van der Waals surface area contributed by atoms with Gasteiger partial charge in [-0.15, -0.1) is 4.73 Å². The van der Waals surface area contributed by atoms with Crippen LogP contribution in [0.15, 0.2) is 12.1 Å². The second-order valence-electron chi connectivity index (χ2n) is 6.93. The molecule has 0 aliphatic rings. The van der Waals surface area contributed by atoms with Crippen molar-refractivity contribution in [1.29, 1.82) is 0 Å². The van der Waals surface area contributed by atoms with Gasteiger partial charge in [0.1, 0.15) is 0 Å². The highest BCUT2D eigenvalue weighted by molar-refractivity contribution is 6.57. The number of hydrogen-bond donors (Lipinski definition) is 2. The molecule has 2 radical (unpaired) electrons. The molecule has 0 atom stereocenters. The SMILES string of the molecule is [B]C(=O)CCC(C)(C)OCCC(C)(C)C(=O)On1c(O)ccc1O. The Morgan fingerprint density at radius 1 is 1.12 bits per heavy atom. The standard InChI is InChI=1S/C16H24BNO6/c1-15(2,9-10-23-16(3,4)8-7-11(17)19)14(22)24-18-12(20)5-6-13(18)21/h5-6,20-21H,7-10H2,1-4H3. The Labute approximate surface area is 142 Å². The van der Waals surface area contributed by atoms with Crippen LogP contribution in [-0.4, -0.2) is 46.6 Å². The first-order chi connectivity index (χ1) is 10.9. The Kier molecular flexibility index (Phi) is 6.48. The molecule has 1 heterocycles. The van der Waals surface area contributed by atoms with E-state index >= 15 is 0 Å². The predicted molar refractivity (Wildman–Crippen MR) is 87.8 cm³/mol. The van der Waals surface area contributed by atoms with E-state index in [2.05, 4.69) is 0 Å². The zero-order valence-electron chi connectivity index (χ0n) is 14.5. The van der Waals surface area contributed by atoms with Gasteiger partial charge in [-0.1, -0.05) is 0 Å². The lowest BCUT2D eigenvalue weighted by Gasteiger charge is -2.28. The van der Waals surface area contributed by atoms with E-state index in [4.69, 9.17) is 17.4 Å². The maximum absolute atomic E-state index is 12.2. The van der Waals surface area contributed by atoms with Crippen LogP contribution in [0.1, 0.15) is 47.0 Å². The predicted octanol–water partition coefficient (Wildman–Crippen LogP) is 1.54. The lowest BCUT2D eigenvalue weighted by atomic mass is 9.89. The quantitative estimate of drug-likeness (QED) is 0.664. The molecule has 0 amide bonds. The van der Waals surface area contributed by atoms with Crippen LogP contribution in [0.5, 0.6) is 11.8 Å². The number of rotatable bonds is 9. The molecule has 8 heteroatoms. The van der Waals surface area contributed by atoms with E-state index in [0.29, 0.717) is 17.6 Å². The molecule has 1 rings (SSSR count). The van der Waals surface area contributed by atoms with Gasteiger partial charge in [0, 0.05) is 18.7 Å². The number of hydrogen-bond acceptors (Lipinski definition) is 6. The summed E-state index contributed by atoms with van der Waals surface area (Å²) in [7, 11) is 5.13. The summed E-state index contributed by atoms with van der Waals surface area (Å²) in [5, 5.41) is 19.0. The Hall–Kier alpha value is -1.96. The minimum atomic E-state index is -0.900. The summed E-state index contributed by atoms with van der Waals surface area (Å²) in [6, 6.07) is 2.42. The number of carbonyl (C=O) groups excluding carboxylic acids is 2. The van der Waals surface area contributed by atoms with Gasteiger partial charge in [0.15, 0.2) is 7.85 Å². The van der Waals surface area contributed by atoms with E-state index in [1.54, 1.807) is 13.8 Å². The molecule has 2 N–H and O–H groups in total. The lowest BCUT2D eigenvalue weighted by molar-refractivity contribution is -0.157. The minimum absolute atomic E-state index is 0.227. The van der Waals surface area contributed by atoms with Crippen molar-refractivity contribution >= 4 is 19.5 Å². The van der Waals surface area contributed by atoms with Gasteiger partial charge < -0.3 is 24.6 Å². The van der Waals surface area contributed by atoms with Gasteiger partial charge in [0.2, 0.25) is 11.8 Å². The van der Waals surface area contributed by atoms with Crippen molar-refractivity contribution in [3.8, 4) is 11.8 Å². The van der Waals surface area contributed by atoms with E-state index < -0.39 is 17.0 Å². The zero-order chi connectivity index (χ0) is 18.5. The maximum Gasteiger partial charge on any atom is 0.338 e. The maximum atomic E-state index is 12.2. The fourth-order valence-electron chi connectivity index (χ4n) is 1.88. The van der Waals surface area contributed by atoms with Crippen LogP contribution in [0.2, 0.25) is 0 Å². The summed E-state index contributed by atoms with van der Waals surface area (Å²) in [6.45, 7) is 7.31. The third-order valence-corrected chi connectivity index (χ3v) is 3.72. The molecule has 0 aromatic carbocycles. The van der Waals surface area contributed by atoms with Crippen LogP contribution < -0.4 is 4.84 Å². The summed E-state index contributed by atoms with van der Waals surface area (Å²) >= 11 is 0. The fourth-order valence-corrected chi connectivity index (χ4v) is 1.88. The van der Waals surface area contributed by atoms with Crippen LogP contribution in [-0.2, 0) is 14.3 Å². The van der Waals surface area contributed by atoms with Gasteiger partial charge in [-0.2, -0.15) is 0 Å². The molecule has 1 aromatic rings. The van der Waals surface area contributed by atoms with E-state index in [-0.39, 0.29) is 30.5 Å². The molecule has 0 unspecified atom stereocenters. The molecular formula is C16H24BNO6. The van der Waals surface area contributed by atoms with Crippen molar-refractivity contribution < 1.29 is 29.4 Å². The molecule has 0 saturated heterocycles. The highest BCUT2D eigenvalue weighted by Crippen LogP contribution is 2.26. The minimum Gasteiger partial charge on any atom is -0.492 e. The van der Waals surface area contributed by atoms with Crippen LogP contribution >= 0.6 is 0 Å². The summed E-state index contributed by atoms with van der Waals surface area (Å²) in [5.74, 6) is -1.37. The first-order valence-electron chi connectivity index (χ1n) is 7.69. The Morgan fingerprint density at radius 2 is 1.67 bits per heavy atom. The van der Waals surface area contributed by atoms with Gasteiger partial charge in [0.25, 0.3) is 0 Å². The number of aromatic hydroxyl groups is 2. The molecule has 0 bridgehead atoms. The van der Waals surface area contributed by atoms with Gasteiger partial charge in [0.05, 0.1) is 16.7 Å². The number of ether oxygens (including phenoxy) is 1. The summed E-state index contributed by atoms with van der Waals surface area (Å²) < 4.78 is 6.38. The second-order valence-corrected chi connectivity index (χ2v) is 6.93. The highest BCUT2D eigenvalue weighted by atomic mass is 16.7. The highest BCUT2D eigenvalue weighted by Gasteiger charge is 2.32. The number of carbonyl (C=O) groups is 2. The Balaban J connectivity index is 2.53. The molecule has 0 fully saturated rings. The summed E-state index contributed by atoms with van der Waals surface area (Å²) in [4.78, 5) is 28.1. The van der Waals surface area contributed by atoms with E-state index in [1.165, 1.54) is 12.1 Å². The third kappa shape index (κ3) is 5.92. The van der Waals surface area contributed by atoms with Crippen LogP contribution in [0.3, 0.4) is 0 Å². The lowest BCUT2D eigenvalue weighted by Crippen LogP contribution is -2.35. The normalized spacial score (nSPS) is 12.2. The van der Waals surface area contributed by atoms with Gasteiger partial charge in [-0.25, -0.2) is 4.79 Å². The second kappa shape index (κ2) is 7.74. The van der Waals surface area contributed by atoms with Crippen LogP contribution in [0, 0.1) is 5.41 Å². The molecule has 0 aliphatic carbocycles. The molecule has 24 heavy (non-hydrogen) atoms. The summed E-state index contributed by atoms with van der Waals surface area (Å²) in [6.07, 6.45) is 1.07. The molecule has 1 aromatic heterocycles. The van der Waals surface area contributed by atoms with Crippen molar-refractivity contribution in [2.24, 2.45) is 5.41 Å².